The Hall–Kier alpha value is -4.68. The average Bonchev–Trinajstić information content (AvgIpc) is 3.58. The zero-order valence-electron chi connectivity index (χ0n) is 21.4. The number of halogens is 4. The summed E-state index contributed by atoms with van der Waals surface area (Å²) in [5.41, 5.74) is 3.84. The molecule has 0 saturated heterocycles. The van der Waals surface area contributed by atoms with E-state index in [9.17, 15) is 22.4 Å². The second-order valence-corrected chi connectivity index (χ2v) is 9.30. The maximum Gasteiger partial charge on any atom is 0.417 e. The van der Waals surface area contributed by atoms with Crippen molar-refractivity contribution in [3.63, 3.8) is 0 Å². The Morgan fingerprint density at radius 2 is 1.95 bits per heavy atom. The van der Waals surface area contributed by atoms with Crippen LogP contribution in [0.1, 0.15) is 43.0 Å². The Bertz CT molecular complexity index is 1600. The number of carbonyl (C=O) groups excluding carboxylic acids is 1. The predicted octanol–water partition coefficient (Wildman–Crippen LogP) is 5.23. The second kappa shape index (κ2) is 10.1. The molecule has 1 atom stereocenters. The minimum atomic E-state index is -4.71. The molecule has 13 heteroatoms. The molecule has 0 spiro atoms. The minimum absolute atomic E-state index is 0.0139. The summed E-state index contributed by atoms with van der Waals surface area (Å²) in [7, 11) is 0. The molecule has 2 aromatic heterocycles. The monoisotopic (exact) mass is 556 g/mol. The molecule has 4 aromatic rings. The summed E-state index contributed by atoms with van der Waals surface area (Å²) in [5.74, 6) is -1.14. The summed E-state index contributed by atoms with van der Waals surface area (Å²) in [6.45, 7) is 3.51. The van der Waals surface area contributed by atoms with E-state index in [1.807, 2.05) is 6.92 Å². The van der Waals surface area contributed by atoms with E-state index < -0.39 is 29.0 Å². The number of carbonyl (C=O) groups is 1. The summed E-state index contributed by atoms with van der Waals surface area (Å²) >= 11 is 0. The topological polar surface area (TPSA) is 123 Å². The van der Waals surface area contributed by atoms with Crippen molar-refractivity contribution in [3.8, 4) is 28.4 Å². The van der Waals surface area contributed by atoms with Crippen LogP contribution in [0.2, 0.25) is 0 Å². The van der Waals surface area contributed by atoms with Crippen LogP contribution in [-0.4, -0.2) is 38.9 Å². The van der Waals surface area contributed by atoms with Crippen LogP contribution >= 0.6 is 0 Å². The molecule has 0 saturated carbocycles. The number of nitrogens with zero attached hydrogens (tertiary/aromatic N) is 4. The van der Waals surface area contributed by atoms with Crippen LogP contribution in [-0.2, 0) is 23.1 Å². The molecule has 1 unspecified atom stereocenters. The second-order valence-electron chi connectivity index (χ2n) is 9.30. The lowest BCUT2D eigenvalue weighted by atomic mass is 9.94. The number of fused-ring (bicyclic) bond motifs is 1. The number of hydrogen-bond acceptors (Lipinski definition) is 7. The Labute approximate surface area is 225 Å². The normalized spacial score (nSPS) is 14.6. The van der Waals surface area contributed by atoms with Crippen molar-refractivity contribution >= 4 is 12.1 Å². The molecule has 1 amide bonds. The first-order chi connectivity index (χ1) is 19.0. The number of nitrogens with two attached hydrogens (primary N) is 1. The number of nitrogens with one attached hydrogen (secondary N) is 1. The van der Waals surface area contributed by atoms with E-state index in [2.05, 4.69) is 20.2 Å². The first-order valence-corrected chi connectivity index (χ1v) is 12.3. The first kappa shape index (κ1) is 26.9. The SMILES string of the molecule is CCCOc1ccc(-c2cc(C(C)(C(N)=O)N3Cc4[nH]c(-c5ccccc5F)nc4C=N3)on2)c(C(F)(F)F)c1. The largest absolute Gasteiger partial charge is 0.494 e. The fourth-order valence-corrected chi connectivity index (χ4v) is 4.32. The molecule has 5 rings (SSSR count). The van der Waals surface area contributed by atoms with Crippen LogP contribution in [0.15, 0.2) is 58.2 Å². The third kappa shape index (κ3) is 4.78. The highest BCUT2D eigenvalue weighted by Gasteiger charge is 2.45. The molecular weight excluding hydrogens is 532 g/mol. The van der Waals surface area contributed by atoms with Gasteiger partial charge in [-0.25, -0.2) is 9.37 Å². The molecule has 208 valence electrons. The van der Waals surface area contributed by atoms with Crippen molar-refractivity contribution in [2.24, 2.45) is 10.8 Å². The fraction of sp³-hybridized carbons (Fsp3) is 0.259. The number of benzene rings is 2. The number of hydrazone groups is 1. The van der Waals surface area contributed by atoms with Gasteiger partial charge in [-0.2, -0.15) is 18.3 Å². The highest BCUT2D eigenvalue weighted by Crippen LogP contribution is 2.41. The average molecular weight is 557 g/mol. The number of hydrogen-bond donors (Lipinski definition) is 2. The van der Waals surface area contributed by atoms with Crippen LogP contribution < -0.4 is 10.5 Å². The number of amides is 1. The highest BCUT2D eigenvalue weighted by atomic mass is 19.4. The molecular formula is C27H24F4N6O3. The first-order valence-electron chi connectivity index (χ1n) is 12.3. The number of primary amides is 1. The van der Waals surface area contributed by atoms with Crippen LogP contribution in [0.25, 0.3) is 22.6 Å². The summed E-state index contributed by atoms with van der Waals surface area (Å²) in [6.07, 6.45) is -2.71. The van der Waals surface area contributed by atoms with Gasteiger partial charge in [0.25, 0.3) is 5.91 Å². The van der Waals surface area contributed by atoms with E-state index >= 15 is 0 Å². The molecule has 40 heavy (non-hydrogen) atoms. The standard InChI is InChI=1S/C27H24F4N6O3/c1-3-10-39-15-8-9-16(18(11-15)27(29,30)31)20-12-23(40-36-20)26(2,25(32)38)37-14-22-21(13-33-37)34-24(35-22)17-6-4-5-7-19(17)28/h4-9,11-13H,3,10,14H2,1-2H3,(H2,32,38)(H,34,35). The van der Waals surface area contributed by atoms with Crippen molar-refractivity contribution in [3.05, 3.63) is 77.1 Å². The number of imidazole rings is 1. The lowest BCUT2D eigenvalue weighted by molar-refractivity contribution is -0.137. The lowest BCUT2D eigenvalue weighted by Crippen LogP contribution is -2.51. The van der Waals surface area contributed by atoms with Gasteiger partial charge in [-0.3, -0.25) is 9.80 Å². The molecule has 0 radical (unpaired) electrons. The molecule has 0 aliphatic carbocycles. The van der Waals surface area contributed by atoms with Crippen molar-refractivity contribution in [2.75, 3.05) is 6.61 Å². The number of aromatic amines is 1. The molecule has 1 aliphatic heterocycles. The predicted molar refractivity (Wildman–Crippen MR) is 136 cm³/mol. The van der Waals surface area contributed by atoms with E-state index in [1.54, 1.807) is 18.2 Å². The van der Waals surface area contributed by atoms with Crippen molar-refractivity contribution < 1.29 is 31.6 Å². The van der Waals surface area contributed by atoms with Gasteiger partial charge in [0.05, 0.1) is 36.2 Å². The van der Waals surface area contributed by atoms with E-state index in [0.717, 1.165) is 6.07 Å². The molecule has 9 nitrogen and oxygen atoms in total. The maximum atomic E-state index is 14.3. The Morgan fingerprint density at radius 1 is 1.18 bits per heavy atom. The van der Waals surface area contributed by atoms with Crippen molar-refractivity contribution in [1.82, 2.24) is 20.1 Å². The van der Waals surface area contributed by atoms with Gasteiger partial charge in [0.1, 0.15) is 28.8 Å². The smallest absolute Gasteiger partial charge is 0.417 e. The summed E-state index contributed by atoms with van der Waals surface area (Å²) < 4.78 is 66.9. The van der Waals surface area contributed by atoms with Crippen LogP contribution in [0, 0.1) is 5.82 Å². The third-order valence-electron chi connectivity index (χ3n) is 6.60. The molecule has 3 heterocycles. The van der Waals surface area contributed by atoms with E-state index in [-0.39, 0.29) is 47.3 Å². The molecule has 0 bridgehead atoms. The number of alkyl halides is 3. The van der Waals surface area contributed by atoms with Crippen LogP contribution in [0.4, 0.5) is 17.6 Å². The molecule has 2 aromatic carbocycles. The summed E-state index contributed by atoms with van der Waals surface area (Å²) in [6, 6.07) is 10.9. The van der Waals surface area contributed by atoms with Gasteiger partial charge in [0.2, 0.25) is 0 Å². The maximum absolute atomic E-state index is 14.3. The number of ether oxygens (including phenoxy) is 1. The minimum Gasteiger partial charge on any atom is -0.494 e. The fourth-order valence-electron chi connectivity index (χ4n) is 4.32. The zero-order valence-corrected chi connectivity index (χ0v) is 21.4. The summed E-state index contributed by atoms with van der Waals surface area (Å²) in [5, 5.41) is 9.43. The zero-order chi connectivity index (χ0) is 28.7. The van der Waals surface area contributed by atoms with Crippen LogP contribution in [0.3, 0.4) is 0 Å². The van der Waals surface area contributed by atoms with E-state index in [0.29, 0.717) is 17.8 Å². The number of aromatic nitrogens is 3. The number of rotatable bonds is 8. The van der Waals surface area contributed by atoms with Gasteiger partial charge < -0.3 is 20.0 Å². The molecule has 1 aliphatic rings. The van der Waals surface area contributed by atoms with Gasteiger partial charge in [0, 0.05) is 11.6 Å². The highest BCUT2D eigenvalue weighted by molar-refractivity contribution is 5.87. The van der Waals surface area contributed by atoms with Crippen molar-refractivity contribution in [1.29, 1.82) is 0 Å². The molecule has 3 N–H and O–H groups in total. The third-order valence-corrected chi connectivity index (χ3v) is 6.60. The molecule has 0 fully saturated rings. The van der Waals surface area contributed by atoms with Gasteiger partial charge in [-0.15, -0.1) is 0 Å². The Balaban J connectivity index is 1.48. The van der Waals surface area contributed by atoms with Gasteiger partial charge >= 0.3 is 6.18 Å². The van der Waals surface area contributed by atoms with Gasteiger partial charge in [-0.05, 0) is 43.7 Å². The van der Waals surface area contributed by atoms with Gasteiger partial charge in [-0.1, -0.05) is 24.2 Å². The Kier molecular flexibility index (Phi) is 6.82. The lowest BCUT2D eigenvalue weighted by Gasteiger charge is -2.35. The van der Waals surface area contributed by atoms with E-state index in [4.69, 9.17) is 15.0 Å². The Morgan fingerprint density at radius 3 is 2.65 bits per heavy atom. The summed E-state index contributed by atoms with van der Waals surface area (Å²) in [4.78, 5) is 20.2. The van der Waals surface area contributed by atoms with Crippen molar-refractivity contribution in [2.45, 2.75) is 38.5 Å². The quantitative estimate of drug-likeness (QED) is 0.287. The van der Waals surface area contributed by atoms with E-state index in [1.165, 1.54) is 42.4 Å². The van der Waals surface area contributed by atoms with Gasteiger partial charge in [0.15, 0.2) is 11.3 Å². The number of H-pyrrole nitrogens is 1. The van der Waals surface area contributed by atoms with Crippen LogP contribution in [0.5, 0.6) is 5.75 Å².